The van der Waals surface area contributed by atoms with E-state index in [0.717, 1.165) is 11.1 Å². The molecule has 0 spiro atoms. The Morgan fingerprint density at radius 2 is 1.68 bits per heavy atom. The van der Waals surface area contributed by atoms with Crippen molar-refractivity contribution in [3.8, 4) is 6.07 Å². The first-order valence-electron chi connectivity index (χ1n) is 11.0. The van der Waals surface area contributed by atoms with E-state index < -0.39 is 10.0 Å². The van der Waals surface area contributed by atoms with E-state index in [9.17, 15) is 13.7 Å². The van der Waals surface area contributed by atoms with Crippen LogP contribution >= 0.6 is 11.6 Å². The van der Waals surface area contributed by atoms with Crippen LogP contribution in [0.5, 0.6) is 0 Å². The van der Waals surface area contributed by atoms with Gasteiger partial charge in [0.25, 0.3) is 0 Å². The largest absolute Gasteiger partial charge is 0.420 e. The van der Waals surface area contributed by atoms with Gasteiger partial charge in [-0.2, -0.15) is 14.6 Å². The Morgan fingerprint density at radius 1 is 1.03 bits per heavy atom. The predicted octanol–water partition coefficient (Wildman–Crippen LogP) is 5.00. The molecule has 34 heavy (non-hydrogen) atoms. The molecule has 0 saturated carbocycles. The summed E-state index contributed by atoms with van der Waals surface area (Å²) < 4.78 is 33.5. The minimum Gasteiger partial charge on any atom is -0.420 e. The predicted molar refractivity (Wildman–Crippen MR) is 133 cm³/mol. The van der Waals surface area contributed by atoms with E-state index in [1.165, 1.54) is 4.31 Å². The Balaban J connectivity index is 1.45. The molecular formula is C25H25ClN4O3S. The summed E-state index contributed by atoms with van der Waals surface area (Å²) in [5, 5.41) is 10.2. The fourth-order valence-electron chi connectivity index (χ4n) is 3.73. The first-order valence-corrected chi connectivity index (χ1v) is 12.8. The smallest absolute Gasteiger partial charge is 0.243 e. The molecule has 9 heteroatoms. The van der Waals surface area contributed by atoms with Crippen molar-refractivity contribution in [1.82, 2.24) is 9.29 Å². The number of halogens is 1. The number of rotatable bonds is 6. The zero-order chi connectivity index (χ0) is 24.3. The summed E-state index contributed by atoms with van der Waals surface area (Å²) in [6, 6.07) is 16.4. The Bertz CT molecular complexity index is 1320. The van der Waals surface area contributed by atoms with Crippen LogP contribution in [0.4, 0.5) is 5.88 Å². The maximum Gasteiger partial charge on any atom is 0.243 e. The molecule has 0 bridgehead atoms. The molecule has 2 heterocycles. The van der Waals surface area contributed by atoms with Crippen LogP contribution < -0.4 is 4.90 Å². The summed E-state index contributed by atoms with van der Waals surface area (Å²) in [6.45, 7) is 5.51. The number of oxazole rings is 1. The van der Waals surface area contributed by atoms with Crippen molar-refractivity contribution in [3.63, 3.8) is 0 Å². The zero-order valence-electron chi connectivity index (χ0n) is 19.0. The van der Waals surface area contributed by atoms with Gasteiger partial charge in [0.1, 0.15) is 6.07 Å². The molecule has 0 radical (unpaired) electrons. The topological polar surface area (TPSA) is 90.4 Å². The van der Waals surface area contributed by atoms with Crippen LogP contribution in [0.25, 0.3) is 12.2 Å². The number of hydrogen-bond acceptors (Lipinski definition) is 6. The van der Waals surface area contributed by atoms with Gasteiger partial charge in [0.05, 0.1) is 4.90 Å². The van der Waals surface area contributed by atoms with Gasteiger partial charge in [0.15, 0.2) is 0 Å². The summed E-state index contributed by atoms with van der Waals surface area (Å²) in [5.74, 6) is 1.00. The highest BCUT2D eigenvalue weighted by Crippen LogP contribution is 2.26. The fourth-order valence-corrected chi connectivity index (χ4v) is 5.28. The molecule has 7 nitrogen and oxygen atoms in total. The molecule has 0 N–H and O–H groups in total. The van der Waals surface area contributed by atoms with Crippen molar-refractivity contribution in [2.24, 2.45) is 0 Å². The second-order valence-electron chi connectivity index (χ2n) is 8.32. The average molecular weight is 497 g/mol. The number of nitriles is 1. The number of anilines is 1. The van der Waals surface area contributed by atoms with Crippen LogP contribution in [0.15, 0.2) is 57.8 Å². The molecule has 2 aromatic carbocycles. The second kappa shape index (κ2) is 10.0. The number of aromatic nitrogens is 1. The van der Waals surface area contributed by atoms with Gasteiger partial charge in [-0.05, 0) is 47.4 Å². The molecule has 1 saturated heterocycles. The summed E-state index contributed by atoms with van der Waals surface area (Å²) >= 11 is 5.91. The summed E-state index contributed by atoms with van der Waals surface area (Å²) in [6.07, 6.45) is 3.51. The van der Waals surface area contributed by atoms with Crippen LogP contribution in [0, 0.1) is 11.3 Å². The highest BCUT2D eigenvalue weighted by Gasteiger charge is 2.31. The van der Waals surface area contributed by atoms with Gasteiger partial charge >= 0.3 is 0 Å². The summed E-state index contributed by atoms with van der Waals surface area (Å²) in [4.78, 5) is 6.41. The maximum atomic E-state index is 13.1. The minimum atomic E-state index is -3.59. The van der Waals surface area contributed by atoms with Crippen molar-refractivity contribution in [3.05, 3.63) is 76.3 Å². The molecule has 1 fully saturated rings. The van der Waals surface area contributed by atoms with E-state index >= 15 is 0 Å². The van der Waals surface area contributed by atoms with Gasteiger partial charge in [-0.15, -0.1) is 0 Å². The second-order valence-corrected chi connectivity index (χ2v) is 10.7. The number of sulfonamides is 1. The fraction of sp³-hybridized carbons (Fsp3) is 0.280. The molecule has 176 valence electrons. The van der Waals surface area contributed by atoms with E-state index in [4.69, 9.17) is 16.0 Å². The lowest BCUT2D eigenvalue weighted by molar-refractivity contribution is 0.373. The molecule has 1 aliphatic rings. The number of hydrogen-bond donors (Lipinski definition) is 0. The van der Waals surface area contributed by atoms with Crippen LogP contribution in [-0.2, 0) is 10.0 Å². The molecule has 1 aromatic heterocycles. The Morgan fingerprint density at radius 3 is 2.26 bits per heavy atom. The SMILES string of the molecule is CC(C)c1ccc(S(=O)(=O)N2CCN(c3oc(/C=C/c4ccc(Cl)cc4)nc3C#N)CC2)cc1. The van der Waals surface area contributed by atoms with Gasteiger partial charge in [-0.1, -0.05) is 49.7 Å². The van der Waals surface area contributed by atoms with Crippen LogP contribution in [0.2, 0.25) is 5.02 Å². The zero-order valence-corrected chi connectivity index (χ0v) is 20.6. The van der Waals surface area contributed by atoms with Crippen molar-refractivity contribution in [2.75, 3.05) is 31.1 Å². The Hall–Kier alpha value is -3.12. The third-order valence-electron chi connectivity index (χ3n) is 5.73. The highest BCUT2D eigenvalue weighted by molar-refractivity contribution is 7.89. The Kier molecular flexibility index (Phi) is 7.08. The quantitative estimate of drug-likeness (QED) is 0.476. The van der Waals surface area contributed by atoms with Gasteiger partial charge in [0.2, 0.25) is 27.5 Å². The van der Waals surface area contributed by atoms with Gasteiger partial charge in [-0.3, -0.25) is 0 Å². The van der Waals surface area contributed by atoms with E-state index in [1.54, 1.807) is 30.3 Å². The van der Waals surface area contributed by atoms with Gasteiger partial charge in [0, 0.05) is 37.3 Å². The van der Waals surface area contributed by atoms with E-state index in [-0.39, 0.29) is 23.7 Å². The normalized spacial score (nSPS) is 15.2. The standard InChI is InChI=1S/C25H25ClN4O3S/c1-18(2)20-6-10-22(11-7-20)34(31,32)30-15-13-29(14-16-30)25-23(17-27)28-24(33-25)12-5-19-3-8-21(26)9-4-19/h3-12,18H,13-16H2,1-2H3/b12-5+. The monoisotopic (exact) mass is 496 g/mol. The van der Waals surface area contributed by atoms with Crippen molar-refractivity contribution < 1.29 is 12.8 Å². The molecule has 0 aliphatic carbocycles. The minimum absolute atomic E-state index is 0.177. The van der Waals surface area contributed by atoms with E-state index in [2.05, 4.69) is 24.9 Å². The molecule has 0 amide bonds. The van der Waals surface area contributed by atoms with Crippen LogP contribution in [-0.4, -0.2) is 43.9 Å². The lowest BCUT2D eigenvalue weighted by Gasteiger charge is -2.33. The lowest BCUT2D eigenvalue weighted by Crippen LogP contribution is -2.48. The Labute approximate surface area is 204 Å². The molecule has 0 atom stereocenters. The molecule has 3 aromatic rings. The first kappa shape index (κ1) is 24.0. The average Bonchev–Trinajstić information content (AvgIpc) is 3.27. The molecule has 1 aliphatic heterocycles. The summed E-state index contributed by atoms with van der Waals surface area (Å²) in [5.41, 5.74) is 2.19. The van der Waals surface area contributed by atoms with Crippen molar-refractivity contribution >= 4 is 39.7 Å². The van der Waals surface area contributed by atoms with Crippen molar-refractivity contribution in [1.29, 1.82) is 5.26 Å². The van der Waals surface area contributed by atoms with E-state index in [0.29, 0.717) is 35.8 Å². The third-order valence-corrected chi connectivity index (χ3v) is 7.90. The molecular weight excluding hydrogens is 472 g/mol. The van der Waals surface area contributed by atoms with Crippen molar-refractivity contribution in [2.45, 2.75) is 24.7 Å². The van der Waals surface area contributed by atoms with E-state index in [1.807, 2.05) is 35.2 Å². The summed E-state index contributed by atoms with van der Waals surface area (Å²) in [7, 11) is -3.59. The van der Waals surface area contributed by atoms with Crippen LogP contribution in [0.3, 0.4) is 0 Å². The lowest BCUT2D eigenvalue weighted by atomic mass is 10.0. The van der Waals surface area contributed by atoms with Gasteiger partial charge in [-0.25, -0.2) is 8.42 Å². The van der Waals surface area contributed by atoms with Crippen LogP contribution in [0.1, 0.15) is 42.5 Å². The van der Waals surface area contributed by atoms with Gasteiger partial charge < -0.3 is 9.32 Å². The first-order chi connectivity index (χ1) is 16.3. The number of benzene rings is 2. The highest BCUT2D eigenvalue weighted by atomic mass is 35.5. The molecule has 0 unspecified atom stereocenters. The maximum absolute atomic E-state index is 13.1. The third kappa shape index (κ3) is 5.17. The number of nitrogens with zero attached hydrogens (tertiary/aromatic N) is 4. The molecule has 4 rings (SSSR count). The number of piperazine rings is 1.